The van der Waals surface area contributed by atoms with Crippen molar-refractivity contribution >= 4 is 11.8 Å². The third-order valence-corrected chi connectivity index (χ3v) is 4.28. The monoisotopic (exact) mass is 352 g/mol. The summed E-state index contributed by atoms with van der Waals surface area (Å²) in [6.45, 7) is 4.89. The number of nitrogens with one attached hydrogen (secondary N) is 2. The number of amides is 2. The molecule has 2 rings (SSSR count). The molecule has 0 atom stereocenters. The molecule has 2 amide bonds. The van der Waals surface area contributed by atoms with Crippen LogP contribution in [0.2, 0.25) is 0 Å². The van der Waals surface area contributed by atoms with E-state index in [0.29, 0.717) is 18.9 Å². The average molecular weight is 352 g/mol. The number of rotatable bonds is 9. The second-order valence-corrected chi connectivity index (χ2v) is 6.89. The lowest BCUT2D eigenvalue weighted by Gasteiger charge is -2.18. The maximum absolute atomic E-state index is 12.4. The van der Waals surface area contributed by atoms with Gasteiger partial charge in [-0.1, -0.05) is 74.5 Å². The highest BCUT2D eigenvalue weighted by molar-refractivity contribution is 5.85. The van der Waals surface area contributed by atoms with Gasteiger partial charge in [0.2, 0.25) is 11.8 Å². The van der Waals surface area contributed by atoms with E-state index < -0.39 is 0 Å². The molecule has 2 aromatic carbocycles. The lowest BCUT2D eigenvalue weighted by Crippen LogP contribution is -2.38. The molecule has 0 spiro atoms. The fourth-order valence-corrected chi connectivity index (χ4v) is 2.80. The molecule has 4 nitrogen and oxygen atoms in total. The minimum atomic E-state index is -0.144. The average Bonchev–Trinajstić information content (AvgIpc) is 2.65. The number of carbonyl (C=O) groups excluding carboxylic acids is 2. The van der Waals surface area contributed by atoms with E-state index in [1.54, 1.807) is 0 Å². The lowest BCUT2D eigenvalue weighted by atomic mass is 9.88. The van der Waals surface area contributed by atoms with Crippen LogP contribution in [-0.4, -0.2) is 24.9 Å². The van der Waals surface area contributed by atoms with E-state index in [-0.39, 0.29) is 24.3 Å². The third-order valence-electron chi connectivity index (χ3n) is 4.28. The van der Waals surface area contributed by atoms with Crippen molar-refractivity contribution in [2.75, 3.05) is 13.1 Å². The summed E-state index contributed by atoms with van der Waals surface area (Å²) in [6, 6.07) is 20.0. The van der Waals surface area contributed by atoms with Gasteiger partial charge in [-0.3, -0.25) is 9.59 Å². The first-order chi connectivity index (χ1) is 12.6. The van der Waals surface area contributed by atoms with Crippen LogP contribution in [-0.2, 0) is 9.59 Å². The van der Waals surface area contributed by atoms with E-state index in [4.69, 9.17) is 0 Å². The SMILES string of the molecule is CC(C)CCNC(=O)CNC(=O)CC(c1ccccc1)c1ccccc1. The molecule has 2 N–H and O–H groups in total. The van der Waals surface area contributed by atoms with Crippen LogP contribution < -0.4 is 10.6 Å². The Morgan fingerprint density at radius 3 is 1.85 bits per heavy atom. The number of carbonyl (C=O) groups is 2. The van der Waals surface area contributed by atoms with Gasteiger partial charge in [0.1, 0.15) is 0 Å². The fourth-order valence-electron chi connectivity index (χ4n) is 2.80. The van der Waals surface area contributed by atoms with E-state index in [9.17, 15) is 9.59 Å². The molecule has 2 aromatic rings. The van der Waals surface area contributed by atoms with Crippen LogP contribution >= 0.6 is 0 Å². The maximum atomic E-state index is 12.4. The first-order valence-corrected chi connectivity index (χ1v) is 9.19. The molecule has 0 bridgehead atoms. The van der Waals surface area contributed by atoms with Gasteiger partial charge in [-0.15, -0.1) is 0 Å². The van der Waals surface area contributed by atoms with E-state index in [2.05, 4.69) is 24.5 Å². The molecule has 0 aromatic heterocycles. The normalized spacial score (nSPS) is 10.8. The Hall–Kier alpha value is -2.62. The van der Waals surface area contributed by atoms with Crippen LogP contribution in [0.1, 0.15) is 43.7 Å². The molecular weight excluding hydrogens is 324 g/mol. The van der Waals surface area contributed by atoms with Crippen molar-refractivity contribution < 1.29 is 9.59 Å². The Bertz CT molecular complexity index is 644. The van der Waals surface area contributed by atoms with Crippen LogP contribution in [0.3, 0.4) is 0 Å². The fraction of sp³-hybridized carbons (Fsp3) is 0.364. The number of hydrogen-bond donors (Lipinski definition) is 2. The van der Waals surface area contributed by atoms with Gasteiger partial charge in [-0.05, 0) is 23.5 Å². The van der Waals surface area contributed by atoms with Gasteiger partial charge in [0.25, 0.3) is 0 Å². The zero-order valence-electron chi connectivity index (χ0n) is 15.6. The summed E-state index contributed by atoms with van der Waals surface area (Å²) in [7, 11) is 0. The third kappa shape index (κ3) is 6.71. The van der Waals surface area contributed by atoms with Crippen molar-refractivity contribution in [3.8, 4) is 0 Å². The molecular formula is C22H28N2O2. The van der Waals surface area contributed by atoms with Gasteiger partial charge in [-0.2, -0.15) is 0 Å². The molecule has 0 heterocycles. The highest BCUT2D eigenvalue weighted by Crippen LogP contribution is 2.27. The molecule has 138 valence electrons. The van der Waals surface area contributed by atoms with Gasteiger partial charge in [-0.25, -0.2) is 0 Å². The highest BCUT2D eigenvalue weighted by Gasteiger charge is 2.18. The molecule has 0 fully saturated rings. The summed E-state index contributed by atoms with van der Waals surface area (Å²) in [5.41, 5.74) is 2.19. The van der Waals surface area contributed by atoms with Crippen molar-refractivity contribution in [1.29, 1.82) is 0 Å². The Kier molecular flexibility index (Phi) is 7.87. The summed E-state index contributed by atoms with van der Waals surface area (Å²) in [4.78, 5) is 24.2. The zero-order chi connectivity index (χ0) is 18.8. The Labute approximate surface area is 156 Å². The molecule has 0 aliphatic heterocycles. The number of benzene rings is 2. The van der Waals surface area contributed by atoms with Crippen LogP contribution in [0.15, 0.2) is 60.7 Å². The predicted molar refractivity (Wildman–Crippen MR) is 105 cm³/mol. The molecule has 0 radical (unpaired) electrons. The molecule has 0 saturated heterocycles. The van der Waals surface area contributed by atoms with Crippen LogP contribution in [0.5, 0.6) is 0 Å². The van der Waals surface area contributed by atoms with E-state index in [1.165, 1.54) is 0 Å². The molecule has 4 heteroatoms. The van der Waals surface area contributed by atoms with Gasteiger partial charge in [0.15, 0.2) is 0 Å². The summed E-state index contributed by atoms with van der Waals surface area (Å²) in [5.74, 6) is 0.250. The van der Waals surface area contributed by atoms with Crippen molar-refractivity contribution in [3.63, 3.8) is 0 Å². The van der Waals surface area contributed by atoms with Gasteiger partial charge >= 0.3 is 0 Å². The second-order valence-electron chi connectivity index (χ2n) is 6.89. The summed E-state index contributed by atoms with van der Waals surface area (Å²) in [6.07, 6.45) is 1.25. The predicted octanol–water partition coefficient (Wildman–Crippen LogP) is 3.49. The van der Waals surface area contributed by atoms with Crippen molar-refractivity contribution in [3.05, 3.63) is 71.8 Å². The van der Waals surface area contributed by atoms with Crippen LogP contribution in [0.25, 0.3) is 0 Å². The Morgan fingerprint density at radius 1 is 0.808 bits per heavy atom. The van der Waals surface area contributed by atoms with Gasteiger partial charge < -0.3 is 10.6 Å². The van der Waals surface area contributed by atoms with Gasteiger partial charge in [0.05, 0.1) is 6.54 Å². The maximum Gasteiger partial charge on any atom is 0.239 e. The van der Waals surface area contributed by atoms with Crippen molar-refractivity contribution in [1.82, 2.24) is 10.6 Å². The summed E-state index contributed by atoms with van der Waals surface area (Å²) >= 11 is 0. The van der Waals surface area contributed by atoms with Crippen LogP contribution in [0.4, 0.5) is 0 Å². The Morgan fingerprint density at radius 2 is 1.35 bits per heavy atom. The quantitative estimate of drug-likeness (QED) is 0.726. The second kappa shape index (κ2) is 10.4. The zero-order valence-corrected chi connectivity index (χ0v) is 15.6. The first-order valence-electron chi connectivity index (χ1n) is 9.19. The van der Waals surface area contributed by atoms with E-state index in [0.717, 1.165) is 17.5 Å². The van der Waals surface area contributed by atoms with Crippen molar-refractivity contribution in [2.24, 2.45) is 5.92 Å². The number of hydrogen-bond acceptors (Lipinski definition) is 2. The van der Waals surface area contributed by atoms with Gasteiger partial charge in [0, 0.05) is 18.9 Å². The smallest absolute Gasteiger partial charge is 0.239 e. The first kappa shape index (κ1) is 19.7. The molecule has 0 unspecified atom stereocenters. The Balaban J connectivity index is 1.92. The standard InChI is InChI=1S/C22H28N2O2/c1-17(2)13-14-23-22(26)16-24-21(25)15-20(18-9-5-3-6-10-18)19-11-7-4-8-12-19/h3-12,17,20H,13-16H2,1-2H3,(H,23,26)(H,24,25). The molecule has 26 heavy (non-hydrogen) atoms. The minimum Gasteiger partial charge on any atom is -0.355 e. The summed E-state index contributed by atoms with van der Waals surface area (Å²) < 4.78 is 0. The van der Waals surface area contributed by atoms with Crippen molar-refractivity contribution in [2.45, 2.75) is 32.6 Å². The molecule has 0 saturated carbocycles. The molecule has 0 aliphatic carbocycles. The molecule has 0 aliphatic rings. The largest absolute Gasteiger partial charge is 0.355 e. The summed E-state index contributed by atoms with van der Waals surface area (Å²) in [5, 5.41) is 5.57. The van der Waals surface area contributed by atoms with Crippen LogP contribution in [0, 0.1) is 5.92 Å². The topological polar surface area (TPSA) is 58.2 Å². The van der Waals surface area contributed by atoms with E-state index >= 15 is 0 Å². The minimum absolute atomic E-state index is 0.0211. The highest BCUT2D eigenvalue weighted by atomic mass is 16.2. The lowest BCUT2D eigenvalue weighted by molar-refractivity contribution is -0.126. The van der Waals surface area contributed by atoms with E-state index in [1.807, 2.05) is 60.7 Å².